The van der Waals surface area contributed by atoms with Crippen LogP contribution in [-0.4, -0.2) is 103 Å². The predicted octanol–water partition coefficient (Wildman–Crippen LogP) is 18.5. The Bertz CT molecular complexity index is 3430. The van der Waals surface area contributed by atoms with E-state index in [0.717, 1.165) is 97.6 Å². The normalized spacial score (nSPS) is 11.5. The van der Waals surface area contributed by atoms with Gasteiger partial charge in [0.25, 0.3) is 0 Å². The molecule has 2 heterocycles. The van der Waals surface area contributed by atoms with Crippen LogP contribution in [0.4, 0.5) is 0 Å². The van der Waals surface area contributed by atoms with Gasteiger partial charge in [-0.25, -0.2) is 29.9 Å². The lowest BCUT2D eigenvalue weighted by Crippen LogP contribution is -2.23. The second-order valence-electron chi connectivity index (χ2n) is 24.0. The summed E-state index contributed by atoms with van der Waals surface area (Å²) < 4.78 is 35.3. The van der Waals surface area contributed by atoms with Gasteiger partial charge in [-0.05, 0) is 119 Å². The Labute approximate surface area is 552 Å². The zero-order valence-corrected chi connectivity index (χ0v) is 56.6. The van der Waals surface area contributed by atoms with Crippen LogP contribution in [0.1, 0.15) is 172 Å². The molecule has 0 amide bonds. The standard InChI is InChI=1S/C40H53N3O4.C37H47N3O6/c1-6-7-8-9-10-11-12-13-14-15-22-46-26-32(44)27-47-33-18-21-36(37(45)25-33)40-42-38(34-19-16-28(2)23-30(34)4)41-39(43-40)35-20-17-29(3)24-31(35)5;1-5-9-19-43-26-13-16-29(32(41)23-26)35-38-36(30-17-14-27(24-33(30)42)44-20-10-6-2)40-37(39-35)31-18-15-28(45-21-11-7-3)25-34(31)46-22-12-8-4/h16-21,23-25,32,44-45H,6-15,22,26-27H2,1-5H3;13-18,23-25,41-42H,5-12,19-22H2,1-4H3. The van der Waals surface area contributed by atoms with Crippen molar-refractivity contribution in [1.82, 2.24) is 29.9 Å². The highest BCUT2D eigenvalue weighted by atomic mass is 16.5. The number of hydrogen-bond acceptors (Lipinski definition) is 16. The Morgan fingerprint density at radius 1 is 0.312 bits per heavy atom. The Balaban J connectivity index is 0.000000264. The van der Waals surface area contributed by atoms with Crippen molar-refractivity contribution >= 4 is 0 Å². The van der Waals surface area contributed by atoms with E-state index in [1.165, 1.54) is 57.4 Å². The molecule has 8 aromatic rings. The molecule has 0 saturated heterocycles. The van der Waals surface area contributed by atoms with Crippen molar-refractivity contribution in [2.75, 3.05) is 46.2 Å². The average Bonchev–Trinajstić information content (AvgIpc) is 0.905. The van der Waals surface area contributed by atoms with E-state index in [4.69, 9.17) is 58.3 Å². The van der Waals surface area contributed by atoms with Gasteiger partial charge in [0.05, 0.1) is 55.3 Å². The van der Waals surface area contributed by atoms with Gasteiger partial charge in [-0.3, -0.25) is 0 Å². The van der Waals surface area contributed by atoms with E-state index in [1.807, 2.05) is 56.3 Å². The van der Waals surface area contributed by atoms with Crippen LogP contribution in [0, 0.1) is 27.7 Å². The first-order valence-corrected chi connectivity index (χ1v) is 33.9. The summed E-state index contributed by atoms with van der Waals surface area (Å²) in [5, 5.41) is 43.6. The van der Waals surface area contributed by atoms with Crippen LogP contribution in [0.25, 0.3) is 68.3 Å². The molecule has 4 N–H and O–H groups in total. The van der Waals surface area contributed by atoms with Gasteiger partial charge in [-0.15, -0.1) is 0 Å². The first-order valence-electron chi connectivity index (χ1n) is 33.9. The smallest absolute Gasteiger partial charge is 0.167 e. The topological polar surface area (TPSA) is 214 Å². The summed E-state index contributed by atoms with van der Waals surface area (Å²) >= 11 is 0. The van der Waals surface area contributed by atoms with Gasteiger partial charge >= 0.3 is 0 Å². The highest BCUT2D eigenvalue weighted by Gasteiger charge is 2.22. The van der Waals surface area contributed by atoms with E-state index < -0.39 is 6.10 Å². The van der Waals surface area contributed by atoms with Gasteiger partial charge in [0.15, 0.2) is 34.9 Å². The molecule has 0 saturated carbocycles. The fourth-order valence-corrected chi connectivity index (χ4v) is 10.4. The van der Waals surface area contributed by atoms with E-state index in [-0.39, 0.29) is 42.1 Å². The van der Waals surface area contributed by atoms with Crippen LogP contribution >= 0.6 is 0 Å². The minimum atomic E-state index is -0.760. The summed E-state index contributed by atoms with van der Waals surface area (Å²) in [4.78, 5) is 28.8. The summed E-state index contributed by atoms with van der Waals surface area (Å²) in [6, 6.07) is 33.2. The zero-order valence-electron chi connectivity index (χ0n) is 56.6. The molecule has 16 heteroatoms. The maximum Gasteiger partial charge on any atom is 0.167 e. The summed E-state index contributed by atoms with van der Waals surface area (Å²) in [6.07, 6.45) is 19.7. The second-order valence-corrected chi connectivity index (χ2v) is 24.0. The lowest BCUT2D eigenvalue weighted by atomic mass is 10.0. The minimum absolute atomic E-state index is 0.0152. The number of unbranched alkanes of at least 4 members (excludes halogenated alkanes) is 13. The molecule has 0 aliphatic rings. The number of ether oxygens (including phenoxy) is 6. The monoisotopic (exact) mass is 1270 g/mol. The van der Waals surface area contributed by atoms with Gasteiger partial charge < -0.3 is 48.8 Å². The molecule has 8 rings (SSSR count). The van der Waals surface area contributed by atoms with Crippen LogP contribution < -0.4 is 23.7 Å². The third kappa shape index (κ3) is 22.7. The van der Waals surface area contributed by atoms with Gasteiger partial charge in [-0.2, -0.15) is 0 Å². The van der Waals surface area contributed by atoms with Crippen LogP contribution in [0.3, 0.4) is 0 Å². The fraction of sp³-hybridized carbons (Fsp3) is 0.455. The summed E-state index contributed by atoms with van der Waals surface area (Å²) in [5.74, 6) is 5.04. The lowest BCUT2D eigenvalue weighted by molar-refractivity contribution is 0.0109. The molecule has 498 valence electrons. The molecule has 93 heavy (non-hydrogen) atoms. The van der Waals surface area contributed by atoms with E-state index in [0.29, 0.717) is 107 Å². The molecule has 1 atom stereocenters. The number of phenolic OH excluding ortho intramolecular Hbond substituents is 3. The molecule has 0 aliphatic carbocycles. The first kappa shape index (κ1) is 72.1. The molecule has 0 radical (unpaired) electrons. The number of nitrogens with zero attached hydrogens (tertiary/aromatic N) is 6. The third-order valence-corrected chi connectivity index (χ3v) is 15.8. The molecule has 0 spiro atoms. The molecular formula is C77H100N6O10. The summed E-state index contributed by atoms with van der Waals surface area (Å²) in [5.41, 5.74) is 8.19. The Kier molecular flexibility index (Phi) is 29.9. The Morgan fingerprint density at radius 2 is 0.634 bits per heavy atom. The first-order chi connectivity index (χ1) is 45.2. The molecule has 0 bridgehead atoms. The number of aromatic nitrogens is 6. The minimum Gasteiger partial charge on any atom is -0.507 e. The zero-order chi connectivity index (χ0) is 66.3. The molecular weight excluding hydrogens is 1170 g/mol. The number of benzene rings is 6. The SMILES string of the molecule is CCCCCCCCCCCCOCC(O)COc1ccc(-c2nc(-c3ccc(C)cc3C)nc(-c3ccc(C)cc3C)n2)c(O)c1.CCCCOc1ccc(-c2nc(-c3ccc(OCCCC)cc3O)nc(-c3ccc(OCCCC)cc3OCCCC)n2)c(O)c1. The van der Waals surface area contributed by atoms with Crippen molar-refractivity contribution in [2.45, 2.75) is 184 Å². The molecule has 16 nitrogen and oxygen atoms in total. The number of aliphatic hydroxyl groups is 1. The van der Waals surface area contributed by atoms with Crippen LogP contribution in [-0.2, 0) is 4.74 Å². The predicted molar refractivity (Wildman–Crippen MR) is 372 cm³/mol. The third-order valence-electron chi connectivity index (χ3n) is 15.8. The molecule has 1 unspecified atom stereocenters. The number of aromatic hydroxyl groups is 3. The van der Waals surface area contributed by atoms with E-state index in [2.05, 4.69) is 60.6 Å². The van der Waals surface area contributed by atoms with Crippen molar-refractivity contribution < 1.29 is 48.8 Å². The van der Waals surface area contributed by atoms with Crippen molar-refractivity contribution in [1.29, 1.82) is 0 Å². The Morgan fingerprint density at radius 3 is 1.02 bits per heavy atom. The molecule has 0 fully saturated rings. The average molecular weight is 1270 g/mol. The molecule has 6 aromatic carbocycles. The quantitative estimate of drug-likeness (QED) is 0.0265. The van der Waals surface area contributed by atoms with Gasteiger partial charge in [0.2, 0.25) is 0 Å². The number of hydrogen-bond donors (Lipinski definition) is 4. The number of aliphatic hydroxyl groups excluding tert-OH is 1. The van der Waals surface area contributed by atoms with Gasteiger partial charge in [0, 0.05) is 42.0 Å². The van der Waals surface area contributed by atoms with E-state index in [9.17, 15) is 20.4 Å². The van der Waals surface area contributed by atoms with Crippen LogP contribution in [0.15, 0.2) is 109 Å². The van der Waals surface area contributed by atoms with E-state index in [1.54, 1.807) is 48.5 Å². The molecule has 0 aliphatic heterocycles. The highest BCUT2D eigenvalue weighted by molar-refractivity contribution is 5.76. The van der Waals surface area contributed by atoms with Gasteiger partial charge in [-0.1, -0.05) is 166 Å². The lowest BCUT2D eigenvalue weighted by Gasteiger charge is -2.15. The summed E-state index contributed by atoms with van der Waals surface area (Å²) in [7, 11) is 0. The maximum absolute atomic E-state index is 11.1. The largest absolute Gasteiger partial charge is 0.507 e. The van der Waals surface area contributed by atoms with Crippen molar-refractivity contribution in [3.05, 3.63) is 131 Å². The number of aryl methyl sites for hydroxylation is 4. The van der Waals surface area contributed by atoms with Crippen LogP contribution in [0.5, 0.6) is 46.0 Å². The fourth-order valence-electron chi connectivity index (χ4n) is 10.4. The van der Waals surface area contributed by atoms with Crippen LogP contribution in [0.2, 0.25) is 0 Å². The maximum atomic E-state index is 11.1. The number of phenols is 3. The molecule has 2 aromatic heterocycles. The number of rotatable bonds is 38. The van der Waals surface area contributed by atoms with Crippen molar-refractivity contribution in [3.8, 4) is 114 Å². The Hall–Kier alpha value is -8.34. The van der Waals surface area contributed by atoms with E-state index >= 15 is 0 Å². The highest BCUT2D eigenvalue weighted by Crippen LogP contribution is 2.40. The second kappa shape index (κ2) is 38.6. The van der Waals surface area contributed by atoms with Gasteiger partial charge in [0.1, 0.15) is 58.7 Å². The van der Waals surface area contributed by atoms with Crippen molar-refractivity contribution in [3.63, 3.8) is 0 Å². The van der Waals surface area contributed by atoms with Crippen molar-refractivity contribution in [2.24, 2.45) is 0 Å². The summed E-state index contributed by atoms with van der Waals surface area (Å²) in [6.45, 7) is 22.1.